The molecule has 1 aromatic heterocycles. The molecule has 4 nitrogen and oxygen atoms in total. The fourth-order valence-corrected chi connectivity index (χ4v) is 4.73. The highest BCUT2D eigenvalue weighted by Gasteiger charge is 2.40. The average molecular weight is 378 g/mol. The van der Waals surface area contributed by atoms with E-state index in [0.717, 1.165) is 52.0 Å². The van der Waals surface area contributed by atoms with Gasteiger partial charge in [0, 0.05) is 38.4 Å². The minimum Gasteiger partial charge on any atom is -0.342 e. The van der Waals surface area contributed by atoms with Gasteiger partial charge in [0.05, 0.1) is 0 Å². The first-order chi connectivity index (χ1) is 13.6. The van der Waals surface area contributed by atoms with Crippen LogP contribution in [0.2, 0.25) is 0 Å². The molecule has 2 aliphatic heterocycles. The minimum atomic E-state index is 0.328. The van der Waals surface area contributed by atoms with Crippen molar-refractivity contribution in [2.75, 3.05) is 26.2 Å². The molecular weight excluding hydrogens is 346 g/mol. The molecule has 2 fully saturated rings. The second kappa shape index (κ2) is 8.44. The zero-order valence-corrected chi connectivity index (χ0v) is 16.9. The van der Waals surface area contributed by atoms with Gasteiger partial charge < -0.3 is 4.90 Å². The third kappa shape index (κ3) is 4.44. The van der Waals surface area contributed by atoms with Crippen LogP contribution in [0.4, 0.5) is 0 Å². The van der Waals surface area contributed by atoms with Crippen LogP contribution in [-0.2, 0) is 17.8 Å². The van der Waals surface area contributed by atoms with Gasteiger partial charge in [0.1, 0.15) is 0 Å². The lowest BCUT2D eigenvalue weighted by molar-refractivity contribution is -0.139. The number of piperidine rings is 2. The SMILES string of the molecule is Cc1cnccc1CN1CCC2(CCC(=O)N(CCc3ccccc3)C2)CC1. The van der Waals surface area contributed by atoms with Gasteiger partial charge >= 0.3 is 0 Å². The zero-order valence-electron chi connectivity index (χ0n) is 16.9. The van der Waals surface area contributed by atoms with Crippen LogP contribution in [0.3, 0.4) is 0 Å². The number of likely N-dealkylation sites (tertiary alicyclic amines) is 2. The number of aryl methyl sites for hydroxylation is 1. The number of aromatic nitrogens is 1. The largest absolute Gasteiger partial charge is 0.342 e. The fraction of sp³-hybridized carbons (Fsp3) is 0.500. The molecule has 2 aliphatic rings. The van der Waals surface area contributed by atoms with Crippen molar-refractivity contribution in [3.63, 3.8) is 0 Å². The van der Waals surface area contributed by atoms with Crippen LogP contribution in [0.15, 0.2) is 48.8 Å². The molecular formula is C24H31N3O. The molecule has 0 radical (unpaired) electrons. The molecule has 2 saturated heterocycles. The van der Waals surface area contributed by atoms with Crippen LogP contribution >= 0.6 is 0 Å². The summed E-state index contributed by atoms with van der Waals surface area (Å²) in [7, 11) is 0. The van der Waals surface area contributed by atoms with Crippen LogP contribution in [-0.4, -0.2) is 46.9 Å². The molecule has 1 aromatic carbocycles. The quantitative estimate of drug-likeness (QED) is 0.794. The van der Waals surface area contributed by atoms with E-state index in [-0.39, 0.29) is 0 Å². The number of rotatable bonds is 5. The van der Waals surface area contributed by atoms with E-state index in [1.54, 1.807) is 0 Å². The Morgan fingerprint density at radius 3 is 2.61 bits per heavy atom. The molecule has 0 unspecified atom stereocenters. The van der Waals surface area contributed by atoms with Crippen LogP contribution in [0, 0.1) is 12.3 Å². The van der Waals surface area contributed by atoms with Crippen molar-refractivity contribution in [1.29, 1.82) is 0 Å². The Morgan fingerprint density at radius 2 is 1.86 bits per heavy atom. The zero-order chi connectivity index (χ0) is 19.4. The number of hydrogen-bond acceptors (Lipinski definition) is 3. The van der Waals surface area contributed by atoms with Crippen LogP contribution in [0.1, 0.15) is 42.4 Å². The summed E-state index contributed by atoms with van der Waals surface area (Å²) in [6.07, 6.45) is 8.99. The number of carbonyl (C=O) groups excluding carboxylic acids is 1. The predicted octanol–water partition coefficient (Wildman–Crippen LogP) is 3.84. The standard InChI is InChI=1S/C24H31N3O/c1-20-17-25-13-8-22(20)18-26-15-11-24(12-16-26)10-7-23(28)27(19-24)14-9-21-5-3-2-4-6-21/h2-6,8,13,17H,7,9-12,14-16,18-19H2,1H3. The van der Waals surface area contributed by atoms with Crippen molar-refractivity contribution < 1.29 is 4.79 Å². The molecule has 0 atom stereocenters. The highest BCUT2D eigenvalue weighted by atomic mass is 16.2. The Morgan fingerprint density at radius 1 is 1.07 bits per heavy atom. The second-order valence-corrected chi connectivity index (χ2v) is 8.63. The van der Waals surface area contributed by atoms with Crippen LogP contribution in [0.25, 0.3) is 0 Å². The van der Waals surface area contributed by atoms with E-state index in [1.807, 2.05) is 18.5 Å². The van der Waals surface area contributed by atoms with Gasteiger partial charge in [-0.2, -0.15) is 0 Å². The molecule has 0 bridgehead atoms. The van der Waals surface area contributed by atoms with Crippen molar-refractivity contribution in [3.05, 3.63) is 65.5 Å². The third-order valence-electron chi connectivity index (χ3n) is 6.71. The highest BCUT2D eigenvalue weighted by Crippen LogP contribution is 2.40. The number of nitrogens with zero attached hydrogens (tertiary/aromatic N) is 3. The summed E-state index contributed by atoms with van der Waals surface area (Å²) in [4.78, 5) is 21.4. The summed E-state index contributed by atoms with van der Waals surface area (Å²) in [5.74, 6) is 0.344. The van der Waals surface area contributed by atoms with E-state index >= 15 is 0 Å². The van der Waals surface area contributed by atoms with Gasteiger partial charge in [-0.25, -0.2) is 0 Å². The third-order valence-corrected chi connectivity index (χ3v) is 6.71. The van der Waals surface area contributed by atoms with Crippen LogP contribution in [0.5, 0.6) is 0 Å². The molecule has 148 valence electrons. The molecule has 0 aliphatic carbocycles. The lowest BCUT2D eigenvalue weighted by Gasteiger charge is -2.47. The normalized spacial score (nSPS) is 19.9. The van der Waals surface area contributed by atoms with Gasteiger partial charge in [-0.15, -0.1) is 0 Å². The number of hydrogen-bond donors (Lipinski definition) is 0. The molecule has 1 amide bonds. The van der Waals surface area contributed by atoms with Gasteiger partial charge in [0.15, 0.2) is 0 Å². The smallest absolute Gasteiger partial charge is 0.222 e. The second-order valence-electron chi connectivity index (χ2n) is 8.63. The van der Waals surface area contributed by atoms with E-state index in [2.05, 4.69) is 52.0 Å². The predicted molar refractivity (Wildman–Crippen MR) is 112 cm³/mol. The molecule has 0 N–H and O–H groups in total. The number of amides is 1. The Balaban J connectivity index is 1.32. The Kier molecular flexibility index (Phi) is 5.77. The Labute approximate surface area is 168 Å². The Hall–Kier alpha value is -2.20. The molecule has 0 saturated carbocycles. The summed E-state index contributed by atoms with van der Waals surface area (Å²) >= 11 is 0. The molecule has 3 heterocycles. The molecule has 4 heteroatoms. The maximum Gasteiger partial charge on any atom is 0.222 e. The van der Waals surface area contributed by atoms with Crippen molar-refractivity contribution in [2.45, 2.75) is 45.6 Å². The first kappa shape index (κ1) is 19.1. The number of benzene rings is 1. The summed E-state index contributed by atoms with van der Waals surface area (Å²) in [5, 5.41) is 0. The van der Waals surface area contributed by atoms with Gasteiger partial charge in [-0.05, 0) is 73.9 Å². The van der Waals surface area contributed by atoms with Crippen molar-refractivity contribution in [3.8, 4) is 0 Å². The van der Waals surface area contributed by atoms with E-state index in [0.29, 0.717) is 11.3 Å². The van der Waals surface area contributed by atoms with E-state index in [4.69, 9.17) is 0 Å². The topological polar surface area (TPSA) is 36.4 Å². The summed E-state index contributed by atoms with van der Waals surface area (Å²) in [5.41, 5.74) is 4.30. The lowest BCUT2D eigenvalue weighted by Crippen LogP contribution is -2.51. The van der Waals surface area contributed by atoms with Gasteiger partial charge in [-0.1, -0.05) is 30.3 Å². The number of carbonyl (C=O) groups is 1. The first-order valence-corrected chi connectivity index (χ1v) is 10.6. The van der Waals surface area contributed by atoms with Gasteiger partial charge in [0.25, 0.3) is 0 Å². The monoisotopic (exact) mass is 377 g/mol. The van der Waals surface area contributed by atoms with E-state index in [1.165, 1.54) is 29.5 Å². The summed E-state index contributed by atoms with van der Waals surface area (Å²) in [6, 6.07) is 12.7. The summed E-state index contributed by atoms with van der Waals surface area (Å²) in [6.45, 7) is 7.21. The van der Waals surface area contributed by atoms with Gasteiger partial charge in [0.2, 0.25) is 5.91 Å². The van der Waals surface area contributed by atoms with Crippen molar-refractivity contribution in [2.24, 2.45) is 5.41 Å². The first-order valence-electron chi connectivity index (χ1n) is 10.6. The molecule has 1 spiro atoms. The minimum absolute atomic E-state index is 0.328. The lowest BCUT2D eigenvalue weighted by atomic mass is 9.72. The number of pyridine rings is 1. The Bertz CT molecular complexity index is 797. The fourth-order valence-electron chi connectivity index (χ4n) is 4.73. The van der Waals surface area contributed by atoms with Gasteiger partial charge in [-0.3, -0.25) is 14.7 Å². The molecule has 28 heavy (non-hydrogen) atoms. The van der Waals surface area contributed by atoms with Crippen molar-refractivity contribution >= 4 is 5.91 Å². The average Bonchev–Trinajstić information content (AvgIpc) is 2.73. The summed E-state index contributed by atoms with van der Waals surface area (Å²) < 4.78 is 0. The van der Waals surface area contributed by atoms with Crippen molar-refractivity contribution in [1.82, 2.24) is 14.8 Å². The maximum atomic E-state index is 12.5. The van der Waals surface area contributed by atoms with Crippen LogP contribution < -0.4 is 0 Å². The van der Waals surface area contributed by atoms with E-state index in [9.17, 15) is 4.79 Å². The molecule has 2 aromatic rings. The molecule has 4 rings (SSSR count). The van der Waals surface area contributed by atoms with E-state index < -0.39 is 0 Å². The maximum absolute atomic E-state index is 12.5. The highest BCUT2D eigenvalue weighted by molar-refractivity contribution is 5.77.